The summed E-state index contributed by atoms with van der Waals surface area (Å²) in [7, 11) is -4.47. The number of rotatable bonds is 3. The molecule has 1 aromatic carbocycles. The normalized spacial score (nSPS) is 20.6. The highest BCUT2D eigenvalue weighted by Crippen LogP contribution is 2.30. The Balaban J connectivity index is 2.30. The lowest BCUT2D eigenvalue weighted by atomic mass is 10.2. The van der Waals surface area contributed by atoms with Gasteiger partial charge in [-0.15, -0.1) is 0 Å². The molecule has 0 amide bonds. The van der Waals surface area contributed by atoms with Crippen LogP contribution in [-0.2, 0) is 14.6 Å². The molecule has 1 aliphatic rings. The van der Waals surface area contributed by atoms with Crippen molar-refractivity contribution in [3.05, 3.63) is 29.8 Å². The molecule has 82 valence electrons. The largest absolute Gasteiger partial charge is 0.368 e. The number of epoxide rings is 1. The molecular formula is C9H8F2O3S. The molecule has 0 aliphatic carbocycles. The second-order valence-corrected chi connectivity index (χ2v) is 5.11. The van der Waals surface area contributed by atoms with E-state index in [1.165, 1.54) is 24.3 Å². The van der Waals surface area contributed by atoms with Crippen molar-refractivity contribution in [2.45, 2.75) is 16.8 Å². The number of sulfone groups is 1. The van der Waals surface area contributed by atoms with Gasteiger partial charge >= 0.3 is 5.76 Å². The second kappa shape index (κ2) is 3.53. The standard InChI is InChI=1S/C9H8F2O3S/c10-9(11)15(12,13)7-3-1-6(2-4-7)8-5-14-8/h1-4,8-9H,5H2/t8-/m0/s1. The minimum Gasteiger partial charge on any atom is -0.368 e. The van der Waals surface area contributed by atoms with Crippen molar-refractivity contribution in [2.24, 2.45) is 0 Å². The van der Waals surface area contributed by atoms with Crippen molar-refractivity contribution < 1.29 is 21.9 Å². The summed E-state index contributed by atoms with van der Waals surface area (Å²) in [6.45, 7) is 0.598. The predicted octanol–water partition coefficient (Wildman–Crippen LogP) is 1.75. The number of halogens is 2. The molecule has 15 heavy (non-hydrogen) atoms. The van der Waals surface area contributed by atoms with Gasteiger partial charge in [-0.25, -0.2) is 8.42 Å². The Morgan fingerprint density at radius 3 is 2.20 bits per heavy atom. The van der Waals surface area contributed by atoms with E-state index in [-0.39, 0.29) is 11.0 Å². The van der Waals surface area contributed by atoms with E-state index in [9.17, 15) is 17.2 Å². The minimum absolute atomic E-state index is 0.00620. The van der Waals surface area contributed by atoms with Crippen molar-refractivity contribution in [2.75, 3.05) is 6.61 Å². The Labute approximate surface area is 85.6 Å². The molecule has 0 bridgehead atoms. The molecule has 0 saturated carbocycles. The van der Waals surface area contributed by atoms with Gasteiger partial charge in [0.1, 0.15) is 6.10 Å². The summed E-state index contributed by atoms with van der Waals surface area (Å²) in [5, 5.41) is 0. The third-order valence-corrected chi connectivity index (χ3v) is 3.55. The molecule has 1 heterocycles. The van der Waals surface area contributed by atoms with Crippen LogP contribution in [0.3, 0.4) is 0 Å². The summed E-state index contributed by atoms with van der Waals surface area (Å²) in [6.07, 6.45) is -0.00620. The van der Waals surface area contributed by atoms with Gasteiger partial charge in [0.05, 0.1) is 11.5 Å². The fourth-order valence-electron chi connectivity index (χ4n) is 1.22. The highest BCUT2D eigenvalue weighted by atomic mass is 32.2. The van der Waals surface area contributed by atoms with Crippen LogP contribution in [0, 0.1) is 0 Å². The maximum atomic E-state index is 12.2. The fourth-order valence-corrected chi connectivity index (χ4v) is 1.94. The topological polar surface area (TPSA) is 46.7 Å². The van der Waals surface area contributed by atoms with E-state index >= 15 is 0 Å². The number of ether oxygens (including phenoxy) is 1. The highest BCUT2D eigenvalue weighted by Gasteiger charge is 2.28. The molecule has 6 heteroatoms. The van der Waals surface area contributed by atoms with Gasteiger partial charge in [-0.2, -0.15) is 8.78 Å². The van der Waals surface area contributed by atoms with Crippen LogP contribution in [0.5, 0.6) is 0 Å². The van der Waals surface area contributed by atoms with E-state index in [4.69, 9.17) is 4.74 Å². The smallest absolute Gasteiger partial charge is 0.341 e. The van der Waals surface area contributed by atoms with Crippen LogP contribution in [0.15, 0.2) is 29.2 Å². The van der Waals surface area contributed by atoms with Crippen LogP contribution in [0.1, 0.15) is 11.7 Å². The third kappa shape index (κ3) is 2.00. The lowest BCUT2D eigenvalue weighted by Gasteiger charge is -2.03. The molecule has 0 N–H and O–H groups in total. The van der Waals surface area contributed by atoms with Gasteiger partial charge in [0.15, 0.2) is 0 Å². The lowest BCUT2D eigenvalue weighted by Crippen LogP contribution is -2.11. The number of hydrogen-bond donors (Lipinski definition) is 0. The summed E-state index contributed by atoms with van der Waals surface area (Å²) in [5.74, 6) is -3.37. The molecule has 1 aliphatic heterocycles. The maximum Gasteiger partial charge on any atom is 0.341 e. The number of benzene rings is 1. The first-order chi connectivity index (χ1) is 7.01. The van der Waals surface area contributed by atoms with Crippen LogP contribution in [0.4, 0.5) is 8.78 Å². The molecule has 2 rings (SSSR count). The van der Waals surface area contributed by atoms with Crippen molar-refractivity contribution in [3.63, 3.8) is 0 Å². The first-order valence-electron chi connectivity index (χ1n) is 4.25. The Hall–Kier alpha value is -1.01. The number of alkyl halides is 2. The van der Waals surface area contributed by atoms with E-state index in [0.29, 0.717) is 6.61 Å². The zero-order chi connectivity index (χ0) is 11.1. The monoisotopic (exact) mass is 234 g/mol. The molecule has 0 radical (unpaired) electrons. The summed E-state index contributed by atoms with van der Waals surface area (Å²) >= 11 is 0. The molecular weight excluding hydrogens is 226 g/mol. The Kier molecular flexibility index (Phi) is 2.47. The summed E-state index contributed by atoms with van der Waals surface area (Å²) < 4.78 is 51.4. The van der Waals surface area contributed by atoms with Crippen LogP contribution in [0.2, 0.25) is 0 Å². The van der Waals surface area contributed by atoms with Crippen LogP contribution < -0.4 is 0 Å². The quantitative estimate of drug-likeness (QED) is 0.748. The molecule has 0 aromatic heterocycles. The highest BCUT2D eigenvalue weighted by molar-refractivity contribution is 7.91. The van der Waals surface area contributed by atoms with Gasteiger partial charge in [0.25, 0.3) is 0 Å². The lowest BCUT2D eigenvalue weighted by molar-refractivity contribution is 0.234. The molecule has 0 unspecified atom stereocenters. The number of hydrogen-bond acceptors (Lipinski definition) is 3. The molecule has 1 aromatic rings. The van der Waals surface area contributed by atoms with Crippen molar-refractivity contribution in [1.82, 2.24) is 0 Å². The van der Waals surface area contributed by atoms with Gasteiger partial charge in [0.2, 0.25) is 9.84 Å². The summed E-state index contributed by atoms with van der Waals surface area (Å²) in [5.41, 5.74) is 0.809. The zero-order valence-corrected chi connectivity index (χ0v) is 8.38. The molecule has 1 fully saturated rings. The van der Waals surface area contributed by atoms with Crippen molar-refractivity contribution >= 4 is 9.84 Å². The molecule has 1 saturated heterocycles. The third-order valence-electron chi connectivity index (χ3n) is 2.15. The Bertz CT molecular complexity index is 449. The van der Waals surface area contributed by atoms with Crippen molar-refractivity contribution in [1.29, 1.82) is 0 Å². The molecule has 1 atom stereocenters. The fraction of sp³-hybridized carbons (Fsp3) is 0.333. The van der Waals surface area contributed by atoms with Crippen molar-refractivity contribution in [3.8, 4) is 0 Å². The van der Waals surface area contributed by atoms with E-state index < -0.39 is 15.6 Å². The van der Waals surface area contributed by atoms with Crippen LogP contribution >= 0.6 is 0 Å². The Morgan fingerprint density at radius 2 is 1.80 bits per heavy atom. The van der Waals surface area contributed by atoms with E-state index in [0.717, 1.165) is 5.56 Å². The predicted molar refractivity (Wildman–Crippen MR) is 48.3 cm³/mol. The van der Waals surface area contributed by atoms with Crippen LogP contribution in [-0.4, -0.2) is 20.8 Å². The van der Waals surface area contributed by atoms with Gasteiger partial charge in [-0.05, 0) is 17.7 Å². The first-order valence-corrected chi connectivity index (χ1v) is 5.80. The van der Waals surface area contributed by atoms with E-state index in [1.807, 2.05) is 0 Å². The molecule has 0 spiro atoms. The SMILES string of the molecule is O=S(=O)(c1ccc([C@@H]2CO2)cc1)C(F)F. The average molecular weight is 234 g/mol. The van der Waals surface area contributed by atoms with Gasteiger partial charge in [-0.3, -0.25) is 0 Å². The molecule has 3 nitrogen and oxygen atoms in total. The average Bonchev–Trinajstić information content (AvgIpc) is 3.01. The van der Waals surface area contributed by atoms with Gasteiger partial charge in [0, 0.05) is 0 Å². The van der Waals surface area contributed by atoms with Crippen LogP contribution in [0.25, 0.3) is 0 Å². The first kappa shape index (κ1) is 10.5. The van der Waals surface area contributed by atoms with Gasteiger partial charge in [-0.1, -0.05) is 12.1 Å². The minimum atomic E-state index is -4.47. The Morgan fingerprint density at radius 1 is 1.27 bits per heavy atom. The maximum absolute atomic E-state index is 12.2. The van der Waals surface area contributed by atoms with Gasteiger partial charge < -0.3 is 4.74 Å². The van der Waals surface area contributed by atoms with E-state index in [1.54, 1.807) is 0 Å². The zero-order valence-electron chi connectivity index (χ0n) is 7.56. The van der Waals surface area contributed by atoms with E-state index in [2.05, 4.69) is 0 Å². The second-order valence-electron chi connectivity index (χ2n) is 3.20. The summed E-state index contributed by atoms with van der Waals surface area (Å²) in [4.78, 5) is -0.359. The summed E-state index contributed by atoms with van der Waals surface area (Å²) in [6, 6.07) is 5.34.